The van der Waals surface area contributed by atoms with Gasteiger partial charge in [0.25, 0.3) is 5.91 Å². The molecule has 2 heterocycles. The second-order valence-corrected chi connectivity index (χ2v) is 7.32. The fourth-order valence-electron chi connectivity index (χ4n) is 3.31. The standard InChI is InChI=1S/C17H20ClN3O4/c1-17(2)15(24)21(16(25)19-17)9-13(23)20-8-7-12(22)14(20)10-3-5-11(18)6-4-10/h3-6,12,14,22H,7-9H2,1-2H3,(H,19,25)/t12-,14-/m1/s1. The predicted molar refractivity (Wildman–Crippen MR) is 90.9 cm³/mol. The summed E-state index contributed by atoms with van der Waals surface area (Å²) in [7, 11) is 0. The highest BCUT2D eigenvalue weighted by Crippen LogP contribution is 2.33. The number of carbonyl (C=O) groups excluding carboxylic acids is 3. The fraction of sp³-hybridized carbons (Fsp3) is 0.471. The summed E-state index contributed by atoms with van der Waals surface area (Å²) in [5.74, 6) is -0.814. The van der Waals surface area contributed by atoms with Crippen LogP contribution in [-0.4, -0.2) is 57.5 Å². The molecule has 2 saturated heterocycles. The average molecular weight is 366 g/mol. The van der Waals surface area contributed by atoms with E-state index in [9.17, 15) is 19.5 Å². The first-order chi connectivity index (χ1) is 11.7. The molecule has 0 spiro atoms. The van der Waals surface area contributed by atoms with Gasteiger partial charge in [-0.15, -0.1) is 0 Å². The summed E-state index contributed by atoms with van der Waals surface area (Å²) in [4.78, 5) is 39.4. The number of amides is 4. The second-order valence-electron chi connectivity index (χ2n) is 6.89. The first-order valence-electron chi connectivity index (χ1n) is 8.08. The number of nitrogens with one attached hydrogen (secondary N) is 1. The molecule has 0 unspecified atom stereocenters. The van der Waals surface area contributed by atoms with Crippen LogP contribution in [0.4, 0.5) is 4.79 Å². The molecule has 25 heavy (non-hydrogen) atoms. The van der Waals surface area contributed by atoms with Gasteiger partial charge in [0.05, 0.1) is 12.1 Å². The molecule has 2 N–H and O–H groups in total. The van der Waals surface area contributed by atoms with Crippen molar-refractivity contribution in [2.75, 3.05) is 13.1 Å². The van der Waals surface area contributed by atoms with Gasteiger partial charge in [-0.2, -0.15) is 0 Å². The Hall–Kier alpha value is -2.12. The van der Waals surface area contributed by atoms with E-state index in [0.717, 1.165) is 10.5 Å². The Morgan fingerprint density at radius 2 is 1.96 bits per heavy atom. The van der Waals surface area contributed by atoms with Crippen molar-refractivity contribution in [1.82, 2.24) is 15.1 Å². The van der Waals surface area contributed by atoms with Gasteiger partial charge in [-0.1, -0.05) is 23.7 Å². The Morgan fingerprint density at radius 3 is 2.52 bits per heavy atom. The van der Waals surface area contributed by atoms with Crippen LogP contribution in [-0.2, 0) is 9.59 Å². The molecule has 0 radical (unpaired) electrons. The van der Waals surface area contributed by atoms with Crippen LogP contribution in [0.25, 0.3) is 0 Å². The largest absolute Gasteiger partial charge is 0.391 e. The number of hydrogen-bond acceptors (Lipinski definition) is 4. The molecular formula is C17H20ClN3O4. The Morgan fingerprint density at radius 1 is 1.32 bits per heavy atom. The number of benzene rings is 1. The van der Waals surface area contributed by atoms with Crippen LogP contribution in [0.2, 0.25) is 5.02 Å². The van der Waals surface area contributed by atoms with Crippen LogP contribution in [0, 0.1) is 0 Å². The molecular weight excluding hydrogens is 346 g/mol. The van der Waals surface area contributed by atoms with Gasteiger partial charge >= 0.3 is 6.03 Å². The number of nitrogens with zero attached hydrogens (tertiary/aromatic N) is 2. The minimum Gasteiger partial charge on any atom is -0.391 e. The number of carbonyl (C=O) groups is 3. The van der Waals surface area contributed by atoms with Gasteiger partial charge in [0.1, 0.15) is 12.1 Å². The minimum absolute atomic E-state index is 0.342. The maximum absolute atomic E-state index is 12.7. The molecule has 0 bridgehead atoms. The van der Waals surface area contributed by atoms with Crippen LogP contribution in [0.15, 0.2) is 24.3 Å². The quantitative estimate of drug-likeness (QED) is 0.790. The van der Waals surface area contributed by atoms with Crippen molar-refractivity contribution in [2.45, 2.75) is 38.0 Å². The molecule has 4 amide bonds. The molecule has 8 heteroatoms. The van der Waals surface area contributed by atoms with Crippen LogP contribution >= 0.6 is 11.6 Å². The van der Waals surface area contributed by atoms with E-state index in [0.29, 0.717) is 18.0 Å². The zero-order valence-electron chi connectivity index (χ0n) is 14.0. The summed E-state index contributed by atoms with van der Waals surface area (Å²) >= 11 is 5.89. The highest BCUT2D eigenvalue weighted by Gasteiger charge is 2.46. The summed E-state index contributed by atoms with van der Waals surface area (Å²) in [6.07, 6.45) is -0.269. The van der Waals surface area contributed by atoms with E-state index in [-0.39, 0.29) is 12.5 Å². The molecule has 3 rings (SSSR count). The third-order valence-corrected chi connectivity index (χ3v) is 4.89. The van der Waals surface area contributed by atoms with Gasteiger partial charge in [-0.05, 0) is 38.0 Å². The normalized spacial score (nSPS) is 25.4. The van der Waals surface area contributed by atoms with E-state index in [4.69, 9.17) is 11.6 Å². The second kappa shape index (κ2) is 6.31. The van der Waals surface area contributed by atoms with Crippen molar-refractivity contribution in [3.63, 3.8) is 0 Å². The number of rotatable bonds is 3. The summed E-state index contributed by atoms with van der Waals surface area (Å²) < 4.78 is 0. The van der Waals surface area contributed by atoms with Crippen molar-refractivity contribution in [3.05, 3.63) is 34.9 Å². The third-order valence-electron chi connectivity index (χ3n) is 4.64. The smallest absolute Gasteiger partial charge is 0.325 e. The monoisotopic (exact) mass is 365 g/mol. The fourth-order valence-corrected chi connectivity index (χ4v) is 3.43. The lowest BCUT2D eigenvalue weighted by molar-refractivity contribution is -0.139. The van der Waals surface area contributed by atoms with Gasteiger partial charge < -0.3 is 15.3 Å². The van der Waals surface area contributed by atoms with Crippen LogP contribution in [0.3, 0.4) is 0 Å². The molecule has 2 fully saturated rings. The topological polar surface area (TPSA) is 90.0 Å². The van der Waals surface area contributed by atoms with Gasteiger partial charge in [0.15, 0.2) is 0 Å². The maximum atomic E-state index is 12.7. The summed E-state index contributed by atoms with van der Waals surface area (Å²) in [6, 6.07) is 5.83. The summed E-state index contributed by atoms with van der Waals surface area (Å²) in [6.45, 7) is 3.20. The number of urea groups is 1. The molecule has 1 aromatic rings. The Bertz CT molecular complexity index is 719. The van der Waals surface area contributed by atoms with E-state index in [1.165, 1.54) is 4.90 Å². The average Bonchev–Trinajstić information content (AvgIpc) is 3.01. The number of aliphatic hydroxyl groups excluding tert-OH is 1. The maximum Gasteiger partial charge on any atom is 0.325 e. The van der Waals surface area contributed by atoms with Gasteiger partial charge in [-0.3, -0.25) is 14.5 Å². The van der Waals surface area contributed by atoms with E-state index >= 15 is 0 Å². The molecule has 0 saturated carbocycles. The van der Waals surface area contributed by atoms with Crippen molar-refractivity contribution in [2.24, 2.45) is 0 Å². The van der Waals surface area contributed by atoms with E-state index in [1.807, 2.05) is 0 Å². The van der Waals surface area contributed by atoms with Gasteiger partial charge in [-0.25, -0.2) is 4.79 Å². The molecule has 134 valence electrons. The summed E-state index contributed by atoms with van der Waals surface area (Å²) in [5, 5.41) is 13.4. The zero-order valence-corrected chi connectivity index (χ0v) is 14.8. The Kier molecular flexibility index (Phi) is 4.47. The molecule has 1 aromatic carbocycles. The van der Waals surface area contributed by atoms with Gasteiger partial charge in [0.2, 0.25) is 5.91 Å². The predicted octanol–water partition coefficient (Wildman–Crippen LogP) is 1.30. The van der Waals surface area contributed by atoms with E-state index in [2.05, 4.69) is 5.32 Å². The molecule has 0 aromatic heterocycles. The number of likely N-dealkylation sites (tertiary alicyclic amines) is 1. The van der Waals surface area contributed by atoms with Crippen molar-refractivity contribution < 1.29 is 19.5 Å². The lowest BCUT2D eigenvalue weighted by Gasteiger charge is -2.28. The van der Waals surface area contributed by atoms with Crippen molar-refractivity contribution in [3.8, 4) is 0 Å². The van der Waals surface area contributed by atoms with Crippen molar-refractivity contribution >= 4 is 29.4 Å². The third kappa shape index (κ3) is 3.21. The zero-order chi connectivity index (χ0) is 18.4. The molecule has 2 atom stereocenters. The van der Waals surface area contributed by atoms with Crippen molar-refractivity contribution in [1.29, 1.82) is 0 Å². The Balaban J connectivity index is 1.78. The molecule has 7 nitrogen and oxygen atoms in total. The van der Waals surface area contributed by atoms with Crippen LogP contribution < -0.4 is 5.32 Å². The molecule has 2 aliphatic rings. The SMILES string of the molecule is CC1(C)NC(=O)N(CC(=O)N2CC[C@@H](O)[C@H]2c2ccc(Cl)cc2)C1=O. The van der Waals surface area contributed by atoms with Gasteiger partial charge in [0, 0.05) is 11.6 Å². The van der Waals surface area contributed by atoms with E-state index in [1.54, 1.807) is 38.1 Å². The first kappa shape index (κ1) is 17.7. The van der Waals surface area contributed by atoms with E-state index < -0.39 is 29.6 Å². The Labute approximate surface area is 150 Å². The number of imide groups is 1. The first-order valence-corrected chi connectivity index (χ1v) is 8.45. The van der Waals surface area contributed by atoms with Crippen LogP contribution in [0.5, 0.6) is 0 Å². The highest BCUT2D eigenvalue weighted by molar-refractivity contribution is 6.30. The van der Waals surface area contributed by atoms with Crippen LogP contribution in [0.1, 0.15) is 31.9 Å². The molecule has 0 aliphatic carbocycles. The highest BCUT2D eigenvalue weighted by atomic mass is 35.5. The lowest BCUT2D eigenvalue weighted by atomic mass is 10.0. The number of halogens is 1. The number of aliphatic hydroxyl groups is 1. The minimum atomic E-state index is -1.02. The number of hydrogen-bond donors (Lipinski definition) is 2. The molecule has 2 aliphatic heterocycles. The lowest BCUT2D eigenvalue weighted by Crippen LogP contribution is -2.44. The summed E-state index contributed by atoms with van der Waals surface area (Å²) in [5.41, 5.74) is -0.252.